The van der Waals surface area contributed by atoms with Crippen molar-refractivity contribution in [2.45, 2.75) is 103 Å². The number of carbonyl (C=O) groups excluding carboxylic acids is 5. The first-order valence-corrected chi connectivity index (χ1v) is 50.9. The van der Waals surface area contributed by atoms with Gasteiger partial charge in [-0.1, -0.05) is 121 Å². The van der Waals surface area contributed by atoms with Gasteiger partial charge in [0, 0.05) is 211 Å². The molecule has 0 saturated carbocycles. The Morgan fingerprint density at radius 2 is 0.894 bits per heavy atom. The maximum atomic E-state index is 12.1. The molecule has 0 amide bonds. The van der Waals surface area contributed by atoms with E-state index in [0.717, 1.165) is 141 Å². The van der Waals surface area contributed by atoms with Crippen LogP contribution < -0.4 is 56.5 Å². The van der Waals surface area contributed by atoms with Crippen LogP contribution in [0.2, 0.25) is 0 Å². The van der Waals surface area contributed by atoms with Gasteiger partial charge in [0.15, 0.2) is 35.7 Å². The van der Waals surface area contributed by atoms with Gasteiger partial charge >= 0.3 is 36.7 Å². The third-order valence-electron chi connectivity index (χ3n) is 22.4. The Bertz CT molecular complexity index is 6920. The summed E-state index contributed by atoms with van der Waals surface area (Å²) in [7, 11) is 19.4. The number of ketones is 4. The normalized spacial score (nSPS) is 12.5. The predicted molar refractivity (Wildman–Crippen MR) is 573 cm³/mol. The number of nitrogens with two attached hydrogens (primary N) is 2. The first-order valence-electron chi connectivity index (χ1n) is 43.2. The minimum absolute atomic E-state index is 0. The van der Waals surface area contributed by atoms with E-state index in [2.05, 4.69) is 203 Å². The van der Waals surface area contributed by atoms with Gasteiger partial charge in [0.2, 0.25) is 25.2 Å². The van der Waals surface area contributed by atoms with Crippen molar-refractivity contribution >= 4 is 218 Å². The predicted octanol–water partition coefficient (Wildman–Crippen LogP) is 18.4. The van der Waals surface area contributed by atoms with Gasteiger partial charge in [-0.05, 0) is 162 Å². The number of carbonyl (C=O) groups is 5. The summed E-state index contributed by atoms with van der Waals surface area (Å²) >= 11 is 20.7. The second kappa shape index (κ2) is 57.3. The minimum Gasteiger partial charge on any atom is -0.857 e. The molecular formula is C101H113BBr3N10NaO20S6. The van der Waals surface area contributed by atoms with Gasteiger partial charge in [0.05, 0.1) is 49.0 Å². The Morgan fingerprint density at radius 3 is 1.32 bits per heavy atom. The number of nitrogens with one attached hydrogen (secondary N) is 2. The molecule has 17 aromatic rings. The molecule has 2 aliphatic heterocycles. The van der Waals surface area contributed by atoms with Gasteiger partial charge < -0.3 is 72.0 Å². The van der Waals surface area contributed by atoms with Crippen LogP contribution in [-0.2, 0) is 86.8 Å². The fraction of sp³-hybridized carbons (Fsp3) is 0.297. The molecule has 10 aromatic heterocycles. The number of fused-ring (bicyclic) bond motifs is 7. The van der Waals surface area contributed by atoms with Crippen molar-refractivity contribution in [2.24, 2.45) is 25.8 Å². The molecule has 0 radical (unpaired) electrons. The fourth-order valence-corrected chi connectivity index (χ4v) is 22.5. The number of aryl methyl sites for hydroxylation is 3. The van der Waals surface area contributed by atoms with Crippen LogP contribution in [0.15, 0.2) is 216 Å². The molecule has 2 aliphatic rings. The first kappa shape index (κ1) is 118. The second-order valence-electron chi connectivity index (χ2n) is 31.5. The molecule has 12 heterocycles. The smallest absolute Gasteiger partial charge is 0.857 e. The summed E-state index contributed by atoms with van der Waals surface area (Å²) in [5, 5.41) is 50.9. The van der Waals surface area contributed by atoms with Gasteiger partial charge in [0.1, 0.15) is 39.9 Å². The van der Waals surface area contributed by atoms with Crippen molar-refractivity contribution in [3.05, 3.63) is 255 Å². The van der Waals surface area contributed by atoms with Crippen molar-refractivity contribution in [3.8, 4) is 50.8 Å². The van der Waals surface area contributed by atoms with Gasteiger partial charge in [-0.15, -0.1) is 68.0 Å². The van der Waals surface area contributed by atoms with Crippen LogP contribution in [0.4, 0.5) is 0 Å². The summed E-state index contributed by atoms with van der Waals surface area (Å²) in [6.45, 7) is 12.2. The van der Waals surface area contributed by atoms with Crippen molar-refractivity contribution in [3.63, 3.8) is 0 Å². The van der Waals surface area contributed by atoms with Crippen LogP contribution >= 0.6 is 116 Å². The number of halogens is 3. The molecule has 0 aliphatic carbocycles. The van der Waals surface area contributed by atoms with Gasteiger partial charge in [0.25, 0.3) is 0 Å². The number of H-pyrrole nitrogens is 2. The maximum absolute atomic E-state index is 12.1. The Balaban J connectivity index is 0.000000199. The number of benzene rings is 7. The Kier molecular flexibility index (Phi) is 47.8. The number of thiophene rings is 6. The molecule has 1 saturated heterocycles. The summed E-state index contributed by atoms with van der Waals surface area (Å²) in [5.74, 6) is 8.46. The number of aromatic nitrogens is 8. The van der Waals surface area contributed by atoms with E-state index in [-0.39, 0.29) is 82.9 Å². The van der Waals surface area contributed by atoms with E-state index < -0.39 is 31.5 Å². The van der Waals surface area contributed by atoms with Crippen LogP contribution in [0.1, 0.15) is 127 Å². The third kappa shape index (κ3) is 28.7. The number of Topliss-reactive ketones (excluding diaryl/α,β-unsaturated/α-hetero) is 4. The van der Waals surface area contributed by atoms with Crippen molar-refractivity contribution in [2.75, 3.05) is 84.8 Å². The van der Waals surface area contributed by atoms with Crippen LogP contribution in [-0.4, -0.2) is 191 Å². The number of aldehydes is 1. The number of hydrogen-bond acceptors (Lipinski definition) is 31. The Labute approximate surface area is 895 Å². The van der Waals surface area contributed by atoms with E-state index >= 15 is 0 Å². The third-order valence-corrected chi connectivity index (χ3v) is 30.5. The van der Waals surface area contributed by atoms with Crippen LogP contribution in [0.5, 0.6) is 5.75 Å². The number of rotatable bonds is 25. The van der Waals surface area contributed by atoms with E-state index in [0.29, 0.717) is 11.3 Å². The largest absolute Gasteiger partial charge is 1.00 e. The van der Waals surface area contributed by atoms with E-state index in [1.165, 1.54) is 97.3 Å². The monoisotopic (exact) mass is 2250 g/mol. The molecule has 0 atom stereocenters. The molecule has 142 heavy (non-hydrogen) atoms. The number of nitrogens with zero attached hydrogens (tertiary/aromatic N) is 6. The van der Waals surface area contributed by atoms with Crippen molar-refractivity contribution < 1.29 is 126 Å². The number of hydrazine groups is 1. The van der Waals surface area contributed by atoms with Gasteiger partial charge in [-0.2, -0.15) is 27.5 Å². The quantitative estimate of drug-likeness (QED) is 0.00785. The Hall–Kier alpha value is -8.85. The molecule has 0 spiro atoms. The molecule has 748 valence electrons. The van der Waals surface area contributed by atoms with E-state index in [9.17, 15) is 24.0 Å². The average molecular weight is 2250 g/mol. The Morgan fingerprint density at radius 1 is 0.493 bits per heavy atom. The number of aromatic amines is 2. The molecular weight excluding hydrogens is 2140 g/mol. The number of hydrogen-bond donors (Lipinski definition) is 4. The topological polar surface area (TPSA) is 405 Å². The number of methoxy groups -OCH3 is 10. The summed E-state index contributed by atoms with van der Waals surface area (Å²) in [5.41, 5.74) is 14.1. The molecule has 30 nitrogen and oxygen atoms in total. The zero-order valence-electron chi connectivity index (χ0n) is 82.2. The summed E-state index contributed by atoms with van der Waals surface area (Å²) in [6.07, 6.45) is -0.230. The van der Waals surface area contributed by atoms with E-state index in [1.54, 1.807) is 128 Å². The van der Waals surface area contributed by atoms with Crippen LogP contribution in [0, 0.1) is 0 Å². The molecule has 1 fully saturated rings. The zero-order valence-corrected chi connectivity index (χ0v) is 93.8. The number of ether oxygens (including phenoxy) is 11. The molecule has 41 heteroatoms. The molecule has 0 bridgehead atoms. The molecule has 19 rings (SSSR count). The molecule has 8 N–H and O–H groups in total. The van der Waals surface area contributed by atoms with E-state index in [4.69, 9.17) is 57.0 Å². The van der Waals surface area contributed by atoms with Gasteiger partial charge in [-0.25, -0.2) is 0 Å². The average Bonchev–Trinajstić information content (AvgIpc) is 2.53. The minimum atomic E-state index is -0.978. The van der Waals surface area contributed by atoms with Crippen LogP contribution in [0.3, 0.4) is 0 Å². The summed E-state index contributed by atoms with van der Waals surface area (Å²) < 4.78 is 81.4. The second-order valence-corrected chi connectivity index (χ2v) is 39.3. The maximum Gasteiger partial charge on any atom is 1.00 e. The van der Waals surface area contributed by atoms with Crippen LogP contribution in [0.25, 0.3) is 106 Å². The fourth-order valence-electron chi connectivity index (χ4n) is 14.8. The van der Waals surface area contributed by atoms with Crippen molar-refractivity contribution in [1.82, 2.24) is 40.0 Å². The SMILES string of the molecule is CC(=O)c1csc2ccccc12.CC1(C)OB(c2ccc3c(c2)CCCO3)OC1(C)C.COC(OC)C(=O)CC(=O)c1csc2ccccc12.COC(OC)C(C)=O.COC(OC)c1[nH]nc(-c2csc3ccccc23)c1Br.COC(OC)c1c(Br)c(-c2csc3ccccc23)nn1C.COC(OC)c1cc(-c2csc3ccccc23)n[nH]1.C[O-].Cn1nc(-c2csc3ccccc23)c(Br)c1C=O.NN.O.[Na+]. The van der Waals surface area contributed by atoms with E-state index in [1.807, 2.05) is 128 Å². The van der Waals surface area contributed by atoms with Crippen molar-refractivity contribution in [1.29, 1.82) is 0 Å². The summed E-state index contributed by atoms with van der Waals surface area (Å²) in [4.78, 5) is 56.4. The zero-order chi connectivity index (χ0) is 102. The first-order chi connectivity index (χ1) is 67.5. The summed E-state index contributed by atoms with van der Waals surface area (Å²) in [6, 6.07) is 56.9. The van der Waals surface area contributed by atoms with Gasteiger partial charge in [-0.3, -0.25) is 55.2 Å². The standard InChI is InChI=1S/C15H21BO3.C15H15BrN2O2S.C14H13BrN2O2S.C14H14N2O2S.C14H14O4S.C13H9BrN2OS.C10H8OS.C5H10O3.CH3O.H4N2.Na.H2O/c1-14(2)15(3,4)19-16(18-14)12-7-8-13-11(10-12)6-5-9-17-13;1-18-14(15(19-2)20-3)12(16)13(17-18)10-8-21-11-7-5-4-6-9(10)11;1-18-14(19-2)13-11(15)12(16-17-13)9-7-20-10-6-4-3-5-8(9)10;1-17-14(18-2)12-7-11(15-16-12)10-8-19-13-6-4-3-5-9(10)13;1-17-14(18-2)12(16)7-11(15)10-8-19-13-6-4-3-5-9(10)13;1-16-10(6-17)12(14)13(15-16)9-7-18-11-5-3-2-4-8(9)11;1-7(11)9-6-12-10-5-3-2-4-8(9)10;1-4(6)5(7-2)8-3;2*1-2;;/h7-8,10H,5-6,9H2,1-4H3;4-8,15H,1-3H3;3-7,14H,1-2H3,(H,16,17);3-8,14H,1-2H3,(H,15,16);3-6,8,14H,7H2,1-2H3;2-7H,1H3;2-6H,1H3;5H,1-3H3;1H3;1-2H2;;1H2/q;;;;;;;;-1;;+1;. The molecule has 7 aromatic carbocycles. The molecule has 0 unspecified atom stereocenters.